The zero-order valence-electron chi connectivity index (χ0n) is 17.2. The maximum atomic E-state index is 12.7. The standard InChI is InChI=1S/C16H17F3N4O8S3/c1-7(24)23(34(30)6-16(17,18)19)10-11(27)22-3-15(13(28)29,4-32-12(10)22)5-33-14-21-20-8(31-14)2-9(25)26/h10,12H,2-6H2,1H3,(H,25,26)(H,28,29)/t10?,12-,15?,34?/m1/s1. The maximum Gasteiger partial charge on any atom is 0.402 e. The Morgan fingerprint density at radius 1 is 1.35 bits per heavy atom. The molecule has 3 heterocycles. The van der Waals surface area contributed by atoms with Gasteiger partial charge < -0.3 is 19.5 Å². The molecular weight excluding hydrogens is 529 g/mol. The molecular formula is C16H17F3N4O8S3. The molecule has 2 saturated heterocycles. The number of carboxylic acid groups (broad SMARTS) is 2. The van der Waals surface area contributed by atoms with Gasteiger partial charge in [-0.05, 0) is 0 Å². The second kappa shape index (κ2) is 9.73. The van der Waals surface area contributed by atoms with Crippen molar-refractivity contribution in [3.05, 3.63) is 5.89 Å². The molecule has 2 aliphatic heterocycles. The third kappa shape index (κ3) is 5.48. The van der Waals surface area contributed by atoms with Crippen LogP contribution >= 0.6 is 23.5 Å². The van der Waals surface area contributed by atoms with E-state index in [-0.39, 0.29) is 29.2 Å². The van der Waals surface area contributed by atoms with Gasteiger partial charge in [0.1, 0.15) is 33.9 Å². The fraction of sp³-hybridized carbons (Fsp3) is 0.625. The van der Waals surface area contributed by atoms with Crippen LogP contribution in [0.3, 0.4) is 0 Å². The summed E-state index contributed by atoms with van der Waals surface area (Å²) in [5.74, 6) is -6.40. The van der Waals surface area contributed by atoms with Crippen molar-refractivity contribution in [3.8, 4) is 0 Å². The predicted octanol–water partition coefficient (Wildman–Crippen LogP) is 0.218. The molecule has 0 saturated carbocycles. The summed E-state index contributed by atoms with van der Waals surface area (Å²) in [6.45, 7) is 0.592. The number of alkyl halides is 3. The van der Waals surface area contributed by atoms with Gasteiger partial charge >= 0.3 is 18.1 Å². The first-order valence-corrected chi connectivity index (χ1v) is 12.6. The molecule has 0 aliphatic carbocycles. The highest BCUT2D eigenvalue weighted by atomic mass is 32.2. The monoisotopic (exact) mass is 546 g/mol. The van der Waals surface area contributed by atoms with Gasteiger partial charge in [0.2, 0.25) is 11.8 Å². The fourth-order valence-electron chi connectivity index (χ4n) is 3.34. The number of aliphatic carboxylic acids is 2. The second-order valence-electron chi connectivity index (χ2n) is 7.44. The zero-order chi connectivity index (χ0) is 25.4. The molecule has 0 bridgehead atoms. The average molecular weight is 547 g/mol. The summed E-state index contributed by atoms with van der Waals surface area (Å²) in [4.78, 5) is 48.5. The van der Waals surface area contributed by atoms with E-state index in [0.29, 0.717) is 4.31 Å². The summed E-state index contributed by atoms with van der Waals surface area (Å²) in [6, 6.07) is -1.40. The van der Waals surface area contributed by atoms with Gasteiger partial charge in [-0.3, -0.25) is 19.2 Å². The molecule has 12 nitrogen and oxygen atoms in total. The predicted molar refractivity (Wildman–Crippen MR) is 110 cm³/mol. The summed E-state index contributed by atoms with van der Waals surface area (Å²) in [5, 5.41) is 24.8. The van der Waals surface area contributed by atoms with E-state index in [1.807, 2.05) is 0 Å². The normalized spacial score (nSPS) is 25.3. The second-order valence-corrected chi connectivity index (χ2v) is 10.8. The van der Waals surface area contributed by atoms with Crippen molar-refractivity contribution in [2.75, 3.05) is 23.8 Å². The molecule has 34 heavy (non-hydrogen) atoms. The smallest absolute Gasteiger partial charge is 0.402 e. The average Bonchev–Trinajstić information content (AvgIpc) is 3.14. The molecule has 2 fully saturated rings. The summed E-state index contributed by atoms with van der Waals surface area (Å²) < 4.78 is 55.8. The van der Waals surface area contributed by atoms with Crippen LogP contribution in [-0.4, -0.2) is 99.0 Å². The molecule has 18 heteroatoms. The van der Waals surface area contributed by atoms with Gasteiger partial charge in [-0.15, -0.1) is 22.0 Å². The summed E-state index contributed by atoms with van der Waals surface area (Å²) in [5.41, 5.74) is -1.50. The maximum absolute atomic E-state index is 12.7. The number of carbonyl (C=O) groups is 4. The molecule has 4 atom stereocenters. The van der Waals surface area contributed by atoms with Crippen molar-refractivity contribution in [1.29, 1.82) is 0 Å². The van der Waals surface area contributed by atoms with Crippen LogP contribution in [0.15, 0.2) is 9.64 Å². The van der Waals surface area contributed by atoms with Gasteiger partial charge in [-0.1, -0.05) is 11.8 Å². The van der Waals surface area contributed by atoms with E-state index in [2.05, 4.69) is 10.2 Å². The van der Waals surface area contributed by atoms with E-state index < -0.39 is 69.9 Å². The van der Waals surface area contributed by atoms with Crippen molar-refractivity contribution in [2.45, 2.75) is 36.2 Å². The van der Waals surface area contributed by atoms with E-state index in [9.17, 15) is 41.7 Å². The minimum absolute atomic E-state index is 0.0675. The molecule has 3 rings (SSSR count). The Labute approximate surface area is 200 Å². The third-order valence-corrected chi connectivity index (χ3v) is 9.04. The SMILES string of the molecule is CC(=O)N(C1C(=O)N2CC(CSc3nnc(CC(=O)O)o3)(C(=O)O)CS[C@H]12)S(=O)CC(F)(F)F. The van der Waals surface area contributed by atoms with Crippen LogP contribution in [-0.2, 0) is 36.6 Å². The number of rotatable bonds is 9. The highest BCUT2D eigenvalue weighted by molar-refractivity contribution is 8.00. The van der Waals surface area contributed by atoms with Crippen molar-refractivity contribution in [3.63, 3.8) is 0 Å². The van der Waals surface area contributed by atoms with Crippen molar-refractivity contribution >= 4 is 58.3 Å². The molecule has 188 valence electrons. The van der Waals surface area contributed by atoms with Gasteiger partial charge in [0.05, 0.1) is 0 Å². The number of thioether (sulfide) groups is 2. The van der Waals surface area contributed by atoms with E-state index in [1.165, 1.54) is 0 Å². The Balaban J connectivity index is 1.71. The Bertz CT molecular complexity index is 1040. The first-order valence-electron chi connectivity index (χ1n) is 9.31. The minimum Gasteiger partial charge on any atom is -0.481 e. The van der Waals surface area contributed by atoms with Crippen LogP contribution in [0.1, 0.15) is 12.8 Å². The first kappa shape index (κ1) is 26.3. The number of halogens is 3. The molecule has 1 aromatic heterocycles. The van der Waals surface area contributed by atoms with Crippen LogP contribution in [0.5, 0.6) is 0 Å². The quantitative estimate of drug-likeness (QED) is 0.319. The van der Waals surface area contributed by atoms with Crippen LogP contribution in [0.2, 0.25) is 0 Å². The van der Waals surface area contributed by atoms with Crippen LogP contribution in [0.4, 0.5) is 13.2 Å². The summed E-state index contributed by atoms with van der Waals surface area (Å²) in [7, 11) is -2.82. The zero-order valence-corrected chi connectivity index (χ0v) is 19.6. The van der Waals surface area contributed by atoms with E-state index in [4.69, 9.17) is 9.52 Å². The number of fused-ring (bicyclic) bond motifs is 1. The van der Waals surface area contributed by atoms with E-state index >= 15 is 0 Å². The molecule has 0 radical (unpaired) electrons. The lowest BCUT2D eigenvalue weighted by atomic mass is 9.89. The molecule has 2 amide bonds. The highest BCUT2D eigenvalue weighted by Gasteiger charge is 2.60. The molecule has 1 aromatic rings. The fourth-order valence-corrected chi connectivity index (χ4v) is 7.27. The molecule has 2 N–H and O–H groups in total. The van der Waals surface area contributed by atoms with Crippen molar-refractivity contribution in [2.24, 2.45) is 5.41 Å². The van der Waals surface area contributed by atoms with Crippen molar-refractivity contribution in [1.82, 2.24) is 19.4 Å². The van der Waals surface area contributed by atoms with Crippen molar-refractivity contribution < 1.29 is 51.2 Å². The minimum atomic E-state index is -4.82. The Morgan fingerprint density at radius 2 is 2.03 bits per heavy atom. The Kier molecular flexibility index (Phi) is 7.51. The molecule has 0 spiro atoms. The van der Waals surface area contributed by atoms with Crippen LogP contribution in [0.25, 0.3) is 0 Å². The van der Waals surface area contributed by atoms with Crippen LogP contribution < -0.4 is 0 Å². The number of nitrogens with zero attached hydrogens (tertiary/aromatic N) is 4. The van der Waals surface area contributed by atoms with E-state index in [1.54, 1.807) is 0 Å². The first-order chi connectivity index (χ1) is 15.7. The number of hydrogen-bond donors (Lipinski definition) is 2. The molecule has 2 aliphatic rings. The lowest BCUT2D eigenvalue weighted by Gasteiger charge is -2.55. The topological polar surface area (TPSA) is 171 Å². The van der Waals surface area contributed by atoms with Gasteiger partial charge in [-0.25, -0.2) is 8.51 Å². The number of aromatic nitrogens is 2. The Hall–Kier alpha value is -2.34. The highest BCUT2D eigenvalue weighted by Crippen LogP contribution is 2.46. The summed E-state index contributed by atoms with van der Waals surface area (Å²) in [6.07, 6.45) is -5.33. The number of carboxylic acids is 2. The lowest BCUT2D eigenvalue weighted by molar-refractivity contribution is -0.161. The largest absolute Gasteiger partial charge is 0.481 e. The third-order valence-electron chi connectivity index (χ3n) is 4.86. The van der Waals surface area contributed by atoms with Gasteiger partial charge in [0.25, 0.3) is 11.1 Å². The Morgan fingerprint density at radius 3 is 2.59 bits per heavy atom. The van der Waals surface area contributed by atoms with Crippen LogP contribution in [0, 0.1) is 5.41 Å². The molecule has 0 aromatic carbocycles. The van der Waals surface area contributed by atoms with Gasteiger partial charge in [0.15, 0.2) is 6.04 Å². The number of β-lactam (4-membered cyclic amide) rings is 1. The van der Waals surface area contributed by atoms with Gasteiger partial charge in [-0.2, -0.15) is 13.2 Å². The number of hydrogen-bond acceptors (Lipinski definition) is 10. The van der Waals surface area contributed by atoms with Gasteiger partial charge in [0, 0.05) is 25.0 Å². The number of amides is 2. The molecule has 3 unspecified atom stereocenters. The lowest BCUT2D eigenvalue weighted by Crippen LogP contribution is -2.74. The van der Waals surface area contributed by atoms with E-state index in [0.717, 1.165) is 35.3 Å². The summed E-state index contributed by atoms with van der Waals surface area (Å²) >= 11 is 1.80. The number of carbonyl (C=O) groups excluding carboxylic acids is 2.